The van der Waals surface area contributed by atoms with Gasteiger partial charge in [-0.05, 0) is 62.5 Å². The van der Waals surface area contributed by atoms with Gasteiger partial charge in [0.2, 0.25) is 53.2 Å². The summed E-state index contributed by atoms with van der Waals surface area (Å²) in [5.41, 5.74) is 11.7. The van der Waals surface area contributed by atoms with E-state index in [1.54, 1.807) is 64.3 Å². The molecule has 0 aliphatic carbocycles. The average molecular weight is 979 g/mol. The predicted molar refractivity (Wildman–Crippen MR) is 251 cm³/mol. The highest BCUT2D eigenvalue weighted by atomic mass is 32.2. The summed E-state index contributed by atoms with van der Waals surface area (Å²) in [6.07, 6.45) is 1.49. The Morgan fingerprint density at radius 1 is 0.588 bits per heavy atom. The van der Waals surface area contributed by atoms with Gasteiger partial charge < -0.3 is 64.2 Å². The SMILES string of the molecule is CC[C@H](C)[C@H](NC(=O)[C@H](Cc1ccccc1)NC(=O)[C@H](C)NC(=O)[C@H](CCSC)NC(=O)CNC(=O)[C@H](CCC(=O)O)NC(=O)[C@H](C)NC(=O)[C@@H](NC(=O)[C@@H](N)CCC(N)=O)[C@@H](C)CC)C(=O)O. The first-order valence-electron chi connectivity index (χ1n) is 22.4. The number of rotatable bonds is 32. The van der Waals surface area contributed by atoms with Gasteiger partial charge in [0.05, 0.1) is 12.6 Å². The second-order valence-electron chi connectivity index (χ2n) is 16.5. The lowest BCUT2D eigenvalue weighted by Gasteiger charge is -2.27. The van der Waals surface area contributed by atoms with Crippen LogP contribution < -0.4 is 54.0 Å². The fourth-order valence-corrected chi connectivity index (χ4v) is 6.78. The number of carboxylic acid groups (broad SMARTS) is 2. The first kappa shape index (κ1) is 59.7. The number of hydrogen-bond acceptors (Lipinski definition) is 13. The summed E-state index contributed by atoms with van der Waals surface area (Å²) in [6.45, 7) is 8.79. The Kier molecular flexibility index (Phi) is 27.1. The van der Waals surface area contributed by atoms with Crippen LogP contribution in [0.15, 0.2) is 30.3 Å². The van der Waals surface area contributed by atoms with Crippen LogP contribution in [0.2, 0.25) is 0 Å². The molecule has 24 heteroatoms. The van der Waals surface area contributed by atoms with Gasteiger partial charge in [-0.2, -0.15) is 11.8 Å². The van der Waals surface area contributed by atoms with E-state index in [0.717, 1.165) is 0 Å². The zero-order valence-corrected chi connectivity index (χ0v) is 40.5. The maximum atomic E-state index is 13.5. The molecule has 68 heavy (non-hydrogen) atoms. The second kappa shape index (κ2) is 30.9. The van der Waals surface area contributed by atoms with Gasteiger partial charge in [-0.3, -0.25) is 47.9 Å². The van der Waals surface area contributed by atoms with E-state index in [1.165, 1.54) is 25.6 Å². The number of nitrogens with two attached hydrogens (primary N) is 2. The van der Waals surface area contributed by atoms with Crippen molar-refractivity contribution in [1.82, 2.24) is 42.5 Å². The molecule has 0 aliphatic rings. The minimum atomic E-state index is -1.51. The third kappa shape index (κ3) is 22.0. The van der Waals surface area contributed by atoms with E-state index < -0.39 is 145 Å². The standard InChI is InChI=1S/C44H70N10O13S/c1-8-23(3)35(53-39(61)28(45)15-17-32(46)55)43(65)49-26(6)37(59)51-29(16-18-34(57)58)40(62)47-22-33(56)50-30(19-20-68-7)41(63)48-25(5)38(60)52-31(21-27-13-11-10-12-14-27)42(64)54-36(44(66)67)24(4)9-2/h10-14,23-26,28-31,35-36H,8-9,15-22,45H2,1-7H3,(H2,46,55)(H,47,62)(H,48,63)(H,49,65)(H,50,56)(H,51,59)(H,52,60)(H,53,61)(H,54,64)(H,57,58)(H,66,67)/t23-,24-,25-,26-,28-,29-,30-,31-,35-,36-/m0/s1. The zero-order valence-electron chi connectivity index (χ0n) is 39.7. The normalized spacial score (nSPS) is 15.4. The minimum absolute atomic E-state index is 0.00118. The lowest BCUT2D eigenvalue weighted by atomic mass is 9.97. The molecule has 0 aliphatic heterocycles. The molecule has 1 rings (SSSR count). The number of carbonyl (C=O) groups is 11. The van der Waals surface area contributed by atoms with Crippen molar-refractivity contribution < 1.29 is 63.0 Å². The highest BCUT2D eigenvalue weighted by Crippen LogP contribution is 2.12. The van der Waals surface area contributed by atoms with E-state index in [2.05, 4.69) is 42.5 Å². The summed E-state index contributed by atoms with van der Waals surface area (Å²) >= 11 is 1.36. The first-order valence-corrected chi connectivity index (χ1v) is 23.8. The van der Waals surface area contributed by atoms with Crippen LogP contribution in [-0.2, 0) is 59.2 Å². The summed E-state index contributed by atoms with van der Waals surface area (Å²) in [7, 11) is 0. The molecule has 0 aromatic heterocycles. The highest BCUT2D eigenvalue weighted by molar-refractivity contribution is 7.98. The Labute approximate surface area is 400 Å². The molecule has 23 nitrogen and oxygen atoms in total. The molecule has 0 bridgehead atoms. The van der Waals surface area contributed by atoms with Crippen molar-refractivity contribution in [2.45, 2.75) is 141 Å². The molecule has 0 unspecified atom stereocenters. The van der Waals surface area contributed by atoms with Crippen LogP contribution in [0.5, 0.6) is 0 Å². The molecule has 1 aromatic carbocycles. The summed E-state index contributed by atoms with van der Waals surface area (Å²) in [5.74, 6) is -10.2. The topological polar surface area (TPSA) is 377 Å². The number of nitrogens with one attached hydrogen (secondary N) is 8. The Morgan fingerprint density at radius 3 is 1.63 bits per heavy atom. The van der Waals surface area contributed by atoms with Gasteiger partial charge in [0.15, 0.2) is 0 Å². The van der Waals surface area contributed by atoms with Crippen LogP contribution in [-0.4, -0.2) is 142 Å². The Hall–Kier alpha value is -6.30. The molecule has 9 amide bonds. The average Bonchev–Trinajstić information content (AvgIpc) is 3.29. The van der Waals surface area contributed by atoms with E-state index in [4.69, 9.17) is 11.5 Å². The Morgan fingerprint density at radius 2 is 1.10 bits per heavy atom. The molecule has 10 atom stereocenters. The van der Waals surface area contributed by atoms with Gasteiger partial charge in [0.1, 0.15) is 42.3 Å². The van der Waals surface area contributed by atoms with E-state index >= 15 is 0 Å². The van der Waals surface area contributed by atoms with Crippen LogP contribution in [0, 0.1) is 11.8 Å². The van der Waals surface area contributed by atoms with Gasteiger partial charge in [-0.15, -0.1) is 0 Å². The van der Waals surface area contributed by atoms with E-state index in [9.17, 15) is 63.0 Å². The van der Waals surface area contributed by atoms with Crippen LogP contribution in [0.25, 0.3) is 0 Å². The van der Waals surface area contributed by atoms with Crippen molar-refractivity contribution in [3.05, 3.63) is 35.9 Å². The summed E-state index contributed by atoms with van der Waals surface area (Å²) in [6, 6.07) is -1.38. The van der Waals surface area contributed by atoms with Crippen molar-refractivity contribution >= 4 is 76.9 Å². The molecule has 0 saturated heterocycles. The molecule has 380 valence electrons. The van der Waals surface area contributed by atoms with Crippen molar-refractivity contribution in [1.29, 1.82) is 0 Å². The molecule has 14 N–H and O–H groups in total. The van der Waals surface area contributed by atoms with Gasteiger partial charge in [-0.25, -0.2) is 4.79 Å². The molecule has 1 aromatic rings. The zero-order chi connectivity index (χ0) is 51.7. The monoisotopic (exact) mass is 978 g/mol. The Bertz CT molecular complexity index is 1910. The van der Waals surface area contributed by atoms with Crippen molar-refractivity contribution in [2.75, 3.05) is 18.6 Å². The van der Waals surface area contributed by atoms with Gasteiger partial charge in [0.25, 0.3) is 0 Å². The van der Waals surface area contributed by atoms with Crippen LogP contribution in [0.3, 0.4) is 0 Å². The maximum absolute atomic E-state index is 13.5. The summed E-state index contributed by atoms with van der Waals surface area (Å²) in [5, 5.41) is 38.9. The lowest BCUT2D eigenvalue weighted by molar-refractivity contribution is -0.144. The third-order valence-electron chi connectivity index (χ3n) is 11.0. The molecular weight excluding hydrogens is 909 g/mol. The maximum Gasteiger partial charge on any atom is 0.326 e. The minimum Gasteiger partial charge on any atom is -0.481 e. The third-order valence-corrected chi connectivity index (χ3v) is 11.6. The smallest absolute Gasteiger partial charge is 0.326 e. The van der Waals surface area contributed by atoms with Gasteiger partial charge in [0, 0.05) is 19.3 Å². The number of benzene rings is 1. The molecule has 0 saturated carbocycles. The number of hydrogen-bond donors (Lipinski definition) is 12. The number of aliphatic carboxylic acids is 2. The van der Waals surface area contributed by atoms with Gasteiger partial charge in [-0.1, -0.05) is 70.9 Å². The lowest BCUT2D eigenvalue weighted by Crippen LogP contribution is -2.59. The fraction of sp³-hybridized carbons (Fsp3) is 0.614. The van der Waals surface area contributed by atoms with E-state index in [-0.39, 0.29) is 25.7 Å². The largest absolute Gasteiger partial charge is 0.481 e. The Balaban J connectivity index is 3.06. The quantitative estimate of drug-likeness (QED) is 0.0378. The second-order valence-corrected chi connectivity index (χ2v) is 17.5. The van der Waals surface area contributed by atoms with E-state index in [0.29, 0.717) is 24.2 Å². The number of thioether (sulfide) groups is 1. The van der Waals surface area contributed by atoms with Crippen molar-refractivity contribution in [3.63, 3.8) is 0 Å². The van der Waals surface area contributed by atoms with Crippen LogP contribution >= 0.6 is 11.8 Å². The molecule has 0 spiro atoms. The van der Waals surface area contributed by atoms with Gasteiger partial charge >= 0.3 is 11.9 Å². The van der Waals surface area contributed by atoms with Crippen molar-refractivity contribution in [2.24, 2.45) is 23.3 Å². The molecule has 0 fully saturated rings. The number of carbonyl (C=O) groups excluding carboxylic acids is 9. The molecular formula is C44H70N10O13S. The summed E-state index contributed by atoms with van der Waals surface area (Å²) < 4.78 is 0. The van der Waals surface area contributed by atoms with Crippen LogP contribution in [0.1, 0.15) is 92.1 Å². The first-order chi connectivity index (χ1) is 31.9. The van der Waals surface area contributed by atoms with Crippen LogP contribution in [0.4, 0.5) is 0 Å². The molecule has 0 heterocycles. The predicted octanol–water partition coefficient (Wildman–Crippen LogP) is -1.83. The van der Waals surface area contributed by atoms with Crippen molar-refractivity contribution in [3.8, 4) is 0 Å². The fourth-order valence-electron chi connectivity index (χ4n) is 6.31. The number of primary amides is 1. The number of carboxylic acids is 2. The highest BCUT2D eigenvalue weighted by Gasteiger charge is 2.34. The van der Waals surface area contributed by atoms with E-state index in [1.807, 2.05) is 0 Å². The molecule has 0 radical (unpaired) electrons. The number of amides is 9. The summed E-state index contributed by atoms with van der Waals surface area (Å²) in [4.78, 5) is 141.